The van der Waals surface area contributed by atoms with Crippen molar-refractivity contribution < 1.29 is 23.5 Å². The van der Waals surface area contributed by atoms with Gasteiger partial charge in [0.05, 0.1) is 21.7 Å². The fourth-order valence-electron chi connectivity index (χ4n) is 4.25. The Kier molecular flexibility index (Phi) is 7.49. The van der Waals surface area contributed by atoms with Crippen molar-refractivity contribution in [3.8, 4) is 17.0 Å². The number of benzene rings is 1. The van der Waals surface area contributed by atoms with Crippen LogP contribution in [0.2, 0.25) is 0 Å². The van der Waals surface area contributed by atoms with E-state index >= 15 is 0 Å². The van der Waals surface area contributed by atoms with Gasteiger partial charge in [0, 0.05) is 18.0 Å². The number of aryl methyl sites for hydroxylation is 2. The predicted molar refractivity (Wildman–Crippen MR) is 139 cm³/mol. The average Bonchev–Trinajstić information content (AvgIpc) is 3.46. The van der Waals surface area contributed by atoms with E-state index in [0.717, 1.165) is 23.4 Å². The highest BCUT2D eigenvalue weighted by atomic mass is 32.1. The Morgan fingerprint density at radius 1 is 1.28 bits per heavy atom. The summed E-state index contributed by atoms with van der Waals surface area (Å²) in [6.45, 7) is 9.76. The van der Waals surface area contributed by atoms with E-state index in [1.807, 2.05) is 12.3 Å². The maximum atomic E-state index is 13.3. The SMILES string of the molecule is CCCCc1cc2c(=O)c(-c3csc(C)n3)coc2cc1OC(=O)C1CCCN1C(=O)OC(C)(C)C. The maximum absolute atomic E-state index is 13.3. The van der Waals surface area contributed by atoms with Gasteiger partial charge in [0.2, 0.25) is 5.43 Å². The normalized spacial score (nSPS) is 15.9. The highest BCUT2D eigenvalue weighted by Crippen LogP contribution is 2.30. The number of fused-ring (bicyclic) bond motifs is 1. The Hall–Kier alpha value is -3.20. The quantitative estimate of drug-likeness (QED) is 0.301. The summed E-state index contributed by atoms with van der Waals surface area (Å²) in [7, 11) is 0. The number of hydrogen-bond acceptors (Lipinski definition) is 8. The Labute approximate surface area is 214 Å². The third-order valence-corrected chi connectivity index (χ3v) is 6.79. The number of unbranched alkanes of at least 4 members (excludes halogenated alkanes) is 1. The van der Waals surface area contributed by atoms with Gasteiger partial charge in [-0.2, -0.15) is 0 Å². The van der Waals surface area contributed by atoms with Crippen LogP contribution in [0.3, 0.4) is 0 Å². The monoisotopic (exact) mass is 512 g/mol. The van der Waals surface area contributed by atoms with Crippen molar-refractivity contribution >= 4 is 34.4 Å². The van der Waals surface area contributed by atoms with E-state index in [-0.39, 0.29) is 5.43 Å². The molecule has 1 unspecified atom stereocenters. The van der Waals surface area contributed by atoms with Gasteiger partial charge in [-0.05, 0) is 65.0 Å². The summed E-state index contributed by atoms with van der Waals surface area (Å²) in [6.07, 6.45) is 4.50. The number of likely N-dealkylation sites (tertiary alicyclic amines) is 1. The molecule has 0 radical (unpaired) electrons. The number of ether oxygens (including phenoxy) is 2. The minimum atomic E-state index is -0.725. The molecule has 1 atom stereocenters. The standard InChI is InChI=1S/C27H32N2O6S/c1-6-7-9-17-12-18-23(33-14-19(24(18)30)20-15-36-16(2)28-20)13-22(17)34-25(31)21-10-8-11-29(21)26(32)35-27(3,4)5/h12-15,21H,6-11H2,1-5H3. The molecule has 3 heterocycles. The molecule has 9 heteroatoms. The molecule has 3 aromatic rings. The van der Waals surface area contributed by atoms with E-state index in [1.165, 1.54) is 22.5 Å². The van der Waals surface area contributed by atoms with Crippen LogP contribution in [-0.2, 0) is 16.0 Å². The van der Waals surface area contributed by atoms with Crippen LogP contribution in [0, 0.1) is 6.92 Å². The molecule has 0 spiro atoms. The number of rotatable bonds is 6. The summed E-state index contributed by atoms with van der Waals surface area (Å²) in [5, 5.41) is 3.11. The largest absolute Gasteiger partial charge is 0.463 e. The van der Waals surface area contributed by atoms with Crippen molar-refractivity contribution in [1.82, 2.24) is 9.88 Å². The van der Waals surface area contributed by atoms with Crippen molar-refractivity contribution in [2.75, 3.05) is 6.54 Å². The van der Waals surface area contributed by atoms with Crippen LogP contribution >= 0.6 is 11.3 Å². The molecular formula is C27H32N2O6S. The first-order chi connectivity index (χ1) is 17.1. The lowest BCUT2D eigenvalue weighted by atomic mass is 10.0. The van der Waals surface area contributed by atoms with Crippen LogP contribution in [0.25, 0.3) is 22.2 Å². The van der Waals surface area contributed by atoms with Gasteiger partial charge in [0.15, 0.2) is 0 Å². The van der Waals surface area contributed by atoms with Crippen molar-refractivity contribution in [3.63, 3.8) is 0 Å². The minimum absolute atomic E-state index is 0.177. The predicted octanol–water partition coefficient (Wildman–Crippen LogP) is 5.87. The summed E-state index contributed by atoms with van der Waals surface area (Å²) >= 11 is 1.47. The summed E-state index contributed by atoms with van der Waals surface area (Å²) in [6, 6.07) is 2.63. The highest BCUT2D eigenvalue weighted by molar-refractivity contribution is 7.09. The summed E-state index contributed by atoms with van der Waals surface area (Å²) in [5.41, 5.74) is 1.23. The van der Waals surface area contributed by atoms with E-state index in [9.17, 15) is 14.4 Å². The topological polar surface area (TPSA) is 98.9 Å². The zero-order valence-electron chi connectivity index (χ0n) is 21.4. The molecule has 192 valence electrons. The number of carbonyl (C=O) groups is 2. The number of esters is 1. The van der Waals surface area contributed by atoms with Gasteiger partial charge in [-0.3, -0.25) is 9.69 Å². The number of nitrogens with zero attached hydrogens (tertiary/aromatic N) is 2. The minimum Gasteiger partial charge on any atom is -0.463 e. The summed E-state index contributed by atoms with van der Waals surface area (Å²) < 4.78 is 17.1. The number of hydrogen-bond donors (Lipinski definition) is 0. The lowest BCUT2D eigenvalue weighted by molar-refractivity contribution is -0.139. The summed E-state index contributed by atoms with van der Waals surface area (Å²) in [5.74, 6) is -0.176. The molecule has 0 saturated carbocycles. The Morgan fingerprint density at radius 3 is 2.72 bits per heavy atom. The van der Waals surface area contributed by atoms with Crippen molar-refractivity contribution in [2.24, 2.45) is 0 Å². The second kappa shape index (κ2) is 10.4. The Balaban J connectivity index is 1.65. The molecule has 1 saturated heterocycles. The fraction of sp³-hybridized carbons (Fsp3) is 0.481. The zero-order chi connectivity index (χ0) is 26.0. The second-order valence-corrected chi connectivity index (χ2v) is 11.1. The Bertz CT molecular complexity index is 1340. The first-order valence-electron chi connectivity index (χ1n) is 12.3. The first-order valence-corrected chi connectivity index (χ1v) is 13.2. The molecule has 36 heavy (non-hydrogen) atoms. The lowest BCUT2D eigenvalue weighted by Gasteiger charge is -2.27. The van der Waals surface area contributed by atoms with Crippen LogP contribution in [0.5, 0.6) is 5.75 Å². The van der Waals surface area contributed by atoms with Gasteiger partial charge in [-0.1, -0.05) is 13.3 Å². The van der Waals surface area contributed by atoms with Gasteiger partial charge in [0.1, 0.15) is 29.2 Å². The third kappa shape index (κ3) is 5.61. The molecular weight excluding hydrogens is 480 g/mol. The zero-order valence-corrected chi connectivity index (χ0v) is 22.2. The van der Waals surface area contributed by atoms with E-state index < -0.39 is 23.7 Å². The number of carbonyl (C=O) groups excluding carboxylic acids is 2. The fourth-order valence-corrected chi connectivity index (χ4v) is 4.86. The molecule has 1 aromatic carbocycles. The maximum Gasteiger partial charge on any atom is 0.411 e. The van der Waals surface area contributed by atoms with Crippen LogP contribution in [0.1, 0.15) is 63.9 Å². The van der Waals surface area contributed by atoms with Crippen LogP contribution in [-0.4, -0.2) is 40.1 Å². The van der Waals surface area contributed by atoms with Gasteiger partial charge in [0.25, 0.3) is 0 Å². The first kappa shape index (κ1) is 25.9. The van der Waals surface area contributed by atoms with E-state index in [2.05, 4.69) is 11.9 Å². The van der Waals surface area contributed by atoms with E-state index in [4.69, 9.17) is 13.9 Å². The molecule has 0 bridgehead atoms. The van der Waals surface area contributed by atoms with Gasteiger partial charge in [-0.25, -0.2) is 14.6 Å². The molecule has 1 aliphatic rings. The van der Waals surface area contributed by atoms with Crippen LogP contribution in [0.4, 0.5) is 4.79 Å². The number of amides is 1. The van der Waals surface area contributed by atoms with Crippen LogP contribution < -0.4 is 10.2 Å². The van der Waals surface area contributed by atoms with E-state index in [1.54, 1.807) is 32.9 Å². The van der Waals surface area contributed by atoms with Crippen molar-refractivity contribution in [2.45, 2.75) is 78.4 Å². The molecule has 0 aliphatic carbocycles. The molecule has 2 aromatic heterocycles. The van der Waals surface area contributed by atoms with Gasteiger partial charge < -0.3 is 13.9 Å². The lowest BCUT2D eigenvalue weighted by Crippen LogP contribution is -2.44. The molecule has 1 fully saturated rings. The third-order valence-electron chi connectivity index (χ3n) is 6.01. The summed E-state index contributed by atoms with van der Waals surface area (Å²) in [4.78, 5) is 45.0. The molecule has 1 amide bonds. The Morgan fingerprint density at radius 2 is 2.06 bits per heavy atom. The molecule has 1 aliphatic heterocycles. The van der Waals surface area contributed by atoms with Gasteiger partial charge in [-0.15, -0.1) is 11.3 Å². The van der Waals surface area contributed by atoms with Gasteiger partial charge >= 0.3 is 12.1 Å². The van der Waals surface area contributed by atoms with Crippen molar-refractivity contribution in [3.05, 3.63) is 44.6 Å². The molecule has 0 N–H and O–H groups in total. The van der Waals surface area contributed by atoms with Crippen molar-refractivity contribution in [1.29, 1.82) is 0 Å². The second-order valence-electron chi connectivity index (χ2n) is 10.0. The smallest absolute Gasteiger partial charge is 0.411 e. The number of aromatic nitrogens is 1. The molecule has 4 rings (SSSR count). The highest BCUT2D eigenvalue weighted by Gasteiger charge is 2.38. The molecule has 8 nitrogen and oxygen atoms in total. The van der Waals surface area contributed by atoms with Crippen LogP contribution in [0.15, 0.2) is 33.0 Å². The van der Waals surface area contributed by atoms with E-state index in [0.29, 0.717) is 53.8 Å². The number of thiazole rings is 1. The average molecular weight is 513 g/mol.